The summed E-state index contributed by atoms with van der Waals surface area (Å²) in [5.74, 6) is 1.73. The van der Waals surface area contributed by atoms with E-state index in [1.165, 1.54) is 0 Å². The van der Waals surface area contributed by atoms with Crippen LogP contribution in [0.4, 0.5) is 11.4 Å². The fraction of sp³-hybridized carbons (Fsp3) is 0.174. The van der Waals surface area contributed by atoms with Crippen molar-refractivity contribution in [3.8, 4) is 11.5 Å². The van der Waals surface area contributed by atoms with Crippen LogP contribution in [0.5, 0.6) is 11.5 Å². The van der Waals surface area contributed by atoms with Crippen molar-refractivity contribution in [2.45, 2.75) is 13.0 Å². The Morgan fingerprint density at radius 3 is 2.13 bits per heavy atom. The van der Waals surface area contributed by atoms with Crippen molar-refractivity contribution < 1.29 is 13.7 Å². The van der Waals surface area contributed by atoms with E-state index >= 15 is 0 Å². The predicted octanol–water partition coefficient (Wildman–Crippen LogP) is 4.72. The molecule has 2 atom stereocenters. The number of ether oxygens (including phenoxy) is 2. The third-order valence-electron chi connectivity index (χ3n) is 4.86. The Balaban J connectivity index is 1.78. The van der Waals surface area contributed by atoms with Gasteiger partial charge in [0.1, 0.15) is 23.4 Å². The highest BCUT2D eigenvalue weighted by Crippen LogP contribution is 2.40. The number of nitrogens with zero attached hydrogens (tertiary/aromatic N) is 2. The molecule has 1 aliphatic heterocycles. The number of anilines is 2. The standard InChI is InChI=1S/C23H23N3O3S/c1-3-29-21-15-11-19(12-16-21)25-22(17-9-13-20(28-2)14-10-17)23(24)26(30(25)27)18-7-5-4-6-8-18/h4-16,22,24H,3H2,1-2H3. The second-order valence-electron chi connectivity index (χ2n) is 6.67. The molecule has 3 aromatic carbocycles. The zero-order valence-corrected chi connectivity index (χ0v) is 17.6. The van der Waals surface area contributed by atoms with E-state index in [4.69, 9.17) is 14.9 Å². The molecule has 0 saturated carbocycles. The van der Waals surface area contributed by atoms with Crippen LogP contribution in [0, 0.1) is 5.41 Å². The molecule has 0 aromatic heterocycles. The van der Waals surface area contributed by atoms with Gasteiger partial charge in [-0.3, -0.25) is 9.71 Å². The van der Waals surface area contributed by atoms with Gasteiger partial charge in [-0.2, -0.15) is 0 Å². The molecule has 1 saturated heterocycles. The molecule has 7 heteroatoms. The number of nitrogens with one attached hydrogen (secondary N) is 1. The number of methoxy groups -OCH3 is 1. The molecule has 0 aliphatic carbocycles. The highest BCUT2D eigenvalue weighted by atomic mass is 32.2. The summed E-state index contributed by atoms with van der Waals surface area (Å²) < 4.78 is 27.7. The number of hydrogen-bond acceptors (Lipinski definition) is 4. The zero-order chi connectivity index (χ0) is 21.1. The average molecular weight is 422 g/mol. The minimum absolute atomic E-state index is 0.249. The van der Waals surface area contributed by atoms with E-state index < -0.39 is 17.2 Å². The van der Waals surface area contributed by atoms with Crippen LogP contribution in [0.1, 0.15) is 18.5 Å². The fourth-order valence-corrected chi connectivity index (χ4v) is 4.90. The molecule has 1 N–H and O–H groups in total. The first-order valence-corrected chi connectivity index (χ1v) is 10.7. The quantitative estimate of drug-likeness (QED) is 0.626. The minimum atomic E-state index is -1.61. The van der Waals surface area contributed by atoms with E-state index in [-0.39, 0.29) is 5.84 Å². The van der Waals surface area contributed by atoms with Gasteiger partial charge in [-0.15, -0.1) is 0 Å². The first kappa shape index (κ1) is 20.0. The highest BCUT2D eigenvalue weighted by molar-refractivity contribution is 7.89. The Kier molecular flexibility index (Phi) is 5.72. The van der Waals surface area contributed by atoms with E-state index in [1.807, 2.05) is 85.8 Å². The van der Waals surface area contributed by atoms with Gasteiger partial charge < -0.3 is 9.47 Å². The Bertz CT molecular complexity index is 1040. The summed E-state index contributed by atoms with van der Waals surface area (Å²) in [6.07, 6.45) is 0. The summed E-state index contributed by atoms with van der Waals surface area (Å²) in [5.41, 5.74) is 2.33. The molecule has 0 radical (unpaired) electrons. The van der Waals surface area contributed by atoms with Gasteiger partial charge in [0.15, 0.2) is 0 Å². The average Bonchev–Trinajstić information content (AvgIpc) is 3.05. The lowest BCUT2D eigenvalue weighted by atomic mass is 10.0. The maximum absolute atomic E-state index is 13.6. The van der Waals surface area contributed by atoms with Crippen molar-refractivity contribution in [2.24, 2.45) is 0 Å². The Hall–Kier alpha value is -3.32. The van der Waals surface area contributed by atoms with Crippen LogP contribution in [0.3, 0.4) is 0 Å². The molecule has 3 aromatic rings. The van der Waals surface area contributed by atoms with E-state index in [9.17, 15) is 4.21 Å². The molecular formula is C23H23N3O3S. The van der Waals surface area contributed by atoms with Gasteiger partial charge in [0.2, 0.25) is 11.2 Å². The van der Waals surface area contributed by atoms with Gasteiger partial charge in [0, 0.05) is 0 Å². The maximum Gasteiger partial charge on any atom is 0.232 e. The van der Waals surface area contributed by atoms with Crippen LogP contribution in [0.2, 0.25) is 0 Å². The molecule has 30 heavy (non-hydrogen) atoms. The lowest BCUT2D eigenvalue weighted by Crippen LogP contribution is -2.27. The first-order valence-electron chi connectivity index (χ1n) is 9.65. The monoisotopic (exact) mass is 421 g/mol. The minimum Gasteiger partial charge on any atom is -0.497 e. The topological polar surface area (TPSA) is 65.9 Å². The first-order chi connectivity index (χ1) is 14.6. The summed E-state index contributed by atoms with van der Waals surface area (Å²) in [7, 11) is 1.62. The van der Waals surface area contributed by atoms with Gasteiger partial charge in [-0.05, 0) is 61.0 Å². The third-order valence-corrected chi connectivity index (χ3v) is 6.34. The molecule has 1 aliphatic rings. The molecule has 6 nitrogen and oxygen atoms in total. The van der Waals surface area contributed by atoms with Gasteiger partial charge in [-0.25, -0.2) is 8.51 Å². The van der Waals surface area contributed by atoms with Crippen molar-refractivity contribution in [1.29, 1.82) is 5.41 Å². The number of amidine groups is 1. The molecule has 0 bridgehead atoms. The van der Waals surface area contributed by atoms with E-state index in [2.05, 4.69) is 0 Å². The van der Waals surface area contributed by atoms with Gasteiger partial charge in [0.25, 0.3) is 0 Å². The molecule has 2 unspecified atom stereocenters. The van der Waals surface area contributed by atoms with E-state index in [0.717, 1.165) is 22.7 Å². The van der Waals surface area contributed by atoms with Crippen molar-refractivity contribution in [1.82, 2.24) is 0 Å². The smallest absolute Gasteiger partial charge is 0.232 e. The van der Waals surface area contributed by atoms with Crippen molar-refractivity contribution in [3.63, 3.8) is 0 Å². The van der Waals surface area contributed by atoms with Crippen molar-refractivity contribution in [3.05, 3.63) is 84.4 Å². The van der Waals surface area contributed by atoms with Gasteiger partial charge >= 0.3 is 0 Å². The lowest BCUT2D eigenvalue weighted by Gasteiger charge is -2.23. The highest BCUT2D eigenvalue weighted by Gasteiger charge is 2.44. The van der Waals surface area contributed by atoms with Gasteiger partial charge in [-0.1, -0.05) is 30.3 Å². The Labute approximate surface area is 178 Å². The van der Waals surface area contributed by atoms with E-state index in [1.54, 1.807) is 15.7 Å². The molecule has 1 fully saturated rings. The summed E-state index contributed by atoms with van der Waals surface area (Å²) in [6.45, 7) is 2.51. The summed E-state index contributed by atoms with van der Waals surface area (Å²) in [6, 6.07) is 23.9. The predicted molar refractivity (Wildman–Crippen MR) is 121 cm³/mol. The van der Waals surface area contributed by atoms with Crippen LogP contribution >= 0.6 is 0 Å². The molecule has 154 valence electrons. The summed E-state index contributed by atoms with van der Waals surface area (Å²) >= 11 is -1.61. The number of para-hydroxylation sites is 1. The second kappa shape index (κ2) is 8.59. The second-order valence-corrected chi connectivity index (χ2v) is 7.89. The molecule has 0 amide bonds. The fourth-order valence-electron chi connectivity index (χ4n) is 3.45. The van der Waals surface area contributed by atoms with Crippen LogP contribution < -0.4 is 18.1 Å². The van der Waals surface area contributed by atoms with Crippen LogP contribution in [-0.2, 0) is 11.2 Å². The van der Waals surface area contributed by atoms with Crippen LogP contribution in [0.15, 0.2) is 78.9 Å². The molecule has 0 spiro atoms. The summed E-state index contributed by atoms with van der Waals surface area (Å²) in [4.78, 5) is 0. The Morgan fingerprint density at radius 1 is 0.900 bits per heavy atom. The van der Waals surface area contributed by atoms with Gasteiger partial charge in [0.05, 0.1) is 25.1 Å². The van der Waals surface area contributed by atoms with E-state index in [0.29, 0.717) is 12.3 Å². The van der Waals surface area contributed by atoms with Crippen molar-refractivity contribution >= 4 is 28.4 Å². The number of hydrogen-bond donors (Lipinski definition) is 1. The molecule has 4 rings (SSSR count). The number of benzene rings is 3. The Morgan fingerprint density at radius 2 is 1.53 bits per heavy atom. The van der Waals surface area contributed by atoms with Crippen LogP contribution in [0.25, 0.3) is 0 Å². The SMILES string of the molecule is CCOc1ccc(N2C(c3ccc(OC)cc3)C(=N)N(c3ccccc3)S2=O)cc1. The summed E-state index contributed by atoms with van der Waals surface area (Å²) in [5, 5.41) is 8.89. The third kappa shape index (κ3) is 3.64. The van der Waals surface area contributed by atoms with Crippen molar-refractivity contribution in [2.75, 3.05) is 22.3 Å². The maximum atomic E-state index is 13.6. The van der Waals surface area contributed by atoms with Crippen LogP contribution in [-0.4, -0.2) is 23.8 Å². The normalized spacial score (nSPS) is 18.5. The zero-order valence-electron chi connectivity index (χ0n) is 16.8. The largest absolute Gasteiger partial charge is 0.497 e. The molecule has 1 heterocycles. The molecular weight excluding hydrogens is 398 g/mol. The number of rotatable bonds is 6. The lowest BCUT2D eigenvalue weighted by molar-refractivity contribution is 0.340.